The summed E-state index contributed by atoms with van der Waals surface area (Å²) in [6.07, 6.45) is 4.22. The van der Waals surface area contributed by atoms with Crippen molar-refractivity contribution < 1.29 is 4.79 Å². The van der Waals surface area contributed by atoms with Gasteiger partial charge in [-0.3, -0.25) is 4.79 Å². The highest BCUT2D eigenvalue weighted by molar-refractivity contribution is 7.80. The highest BCUT2D eigenvalue weighted by atomic mass is 32.1. The van der Waals surface area contributed by atoms with Gasteiger partial charge in [0.15, 0.2) is 0 Å². The van der Waals surface area contributed by atoms with Crippen molar-refractivity contribution in [2.24, 2.45) is 11.3 Å². The first-order chi connectivity index (χ1) is 7.56. The quantitative estimate of drug-likeness (QED) is 0.682. The minimum atomic E-state index is 0.253. The molecule has 1 saturated carbocycles. The number of rotatable bonds is 7. The first-order valence-corrected chi connectivity index (χ1v) is 7.08. The van der Waals surface area contributed by atoms with Crippen LogP contribution in [0.15, 0.2) is 0 Å². The van der Waals surface area contributed by atoms with Crippen molar-refractivity contribution in [3.63, 3.8) is 0 Å². The van der Waals surface area contributed by atoms with Crippen LogP contribution in [0.2, 0.25) is 0 Å². The number of carbonyl (C=O) groups excluding carboxylic acids is 1. The molecule has 0 aromatic carbocycles. The van der Waals surface area contributed by atoms with Crippen LogP contribution < -0.4 is 0 Å². The van der Waals surface area contributed by atoms with E-state index >= 15 is 0 Å². The van der Waals surface area contributed by atoms with E-state index in [-0.39, 0.29) is 5.41 Å². The zero-order valence-corrected chi connectivity index (χ0v) is 11.7. The summed E-state index contributed by atoms with van der Waals surface area (Å²) in [4.78, 5) is 14.1. The van der Waals surface area contributed by atoms with Gasteiger partial charge in [-0.1, -0.05) is 20.3 Å². The van der Waals surface area contributed by atoms with Gasteiger partial charge in [-0.25, -0.2) is 0 Å². The standard InChI is InChI=1S/C13H25NOS/c1-4-11(3)9-14(5-2)12(15)8-13(10-16)6-7-13/h11,16H,4-10H2,1-3H3. The van der Waals surface area contributed by atoms with Crippen LogP contribution >= 0.6 is 12.6 Å². The van der Waals surface area contributed by atoms with Crippen LogP contribution in [0.3, 0.4) is 0 Å². The van der Waals surface area contributed by atoms with Crippen molar-refractivity contribution in [2.45, 2.75) is 46.5 Å². The van der Waals surface area contributed by atoms with E-state index in [1.807, 2.05) is 4.90 Å². The smallest absolute Gasteiger partial charge is 0.223 e. The molecule has 16 heavy (non-hydrogen) atoms. The van der Waals surface area contributed by atoms with E-state index in [4.69, 9.17) is 0 Å². The fourth-order valence-corrected chi connectivity index (χ4v) is 2.34. The molecule has 1 aliphatic carbocycles. The van der Waals surface area contributed by atoms with Crippen molar-refractivity contribution in [3.05, 3.63) is 0 Å². The van der Waals surface area contributed by atoms with E-state index in [0.717, 1.165) is 25.3 Å². The minimum absolute atomic E-state index is 0.253. The van der Waals surface area contributed by atoms with E-state index in [2.05, 4.69) is 33.4 Å². The van der Waals surface area contributed by atoms with E-state index in [9.17, 15) is 4.79 Å². The first kappa shape index (κ1) is 13.9. The summed E-state index contributed by atoms with van der Waals surface area (Å²) in [7, 11) is 0. The zero-order valence-electron chi connectivity index (χ0n) is 10.8. The molecule has 1 aliphatic rings. The predicted molar refractivity (Wildman–Crippen MR) is 71.8 cm³/mol. The summed E-state index contributed by atoms with van der Waals surface area (Å²) >= 11 is 4.35. The molecule has 0 heterocycles. The normalized spacial score (nSPS) is 19.2. The Morgan fingerprint density at radius 3 is 2.44 bits per heavy atom. The third kappa shape index (κ3) is 3.69. The number of nitrogens with zero attached hydrogens (tertiary/aromatic N) is 1. The number of amides is 1. The topological polar surface area (TPSA) is 20.3 Å². The third-order valence-electron chi connectivity index (χ3n) is 3.78. The Morgan fingerprint density at radius 1 is 1.44 bits per heavy atom. The average molecular weight is 243 g/mol. The predicted octanol–water partition coefficient (Wildman–Crippen LogP) is 2.98. The summed E-state index contributed by atoms with van der Waals surface area (Å²) in [5, 5.41) is 0. The Labute approximate surface area is 105 Å². The summed E-state index contributed by atoms with van der Waals surface area (Å²) in [5.74, 6) is 1.80. The number of thiol groups is 1. The Balaban J connectivity index is 2.43. The molecule has 0 aromatic heterocycles. The fourth-order valence-electron chi connectivity index (χ4n) is 1.91. The molecule has 0 radical (unpaired) electrons. The molecule has 1 rings (SSSR count). The van der Waals surface area contributed by atoms with Crippen molar-refractivity contribution in [2.75, 3.05) is 18.8 Å². The Bertz CT molecular complexity index is 238. The maximum Gasteiger partial charge on any atom is 0.223 e. The molecule has 1 atom stereocenters. The molecule has 1 unspecified atom stereocenters. The highest BCUT2D eigenvalue weighted by Gasteiger charge is 2.43. The maximum atomic E-state index is 12.1. The lowest BCUT2D eigenvalue weighted by molar-refractivity contribution is -0.132. The van der Waals surface area contributed by atoms with Gasteiger partial charge in [0.1, 0.15) is 0 Å². The van der Waals surface area contributed by atoms with Gasteiger partial charge in [0.25, 0.3) is 0 Å². The molecule has 0 aromatic rings. The Hall–Kier alpha value is -0.180. The van der Waals surface area contributed by atoms with Crippen molar-refractivity contribution in [3.8, 4) is 0 Å². The molecular weight excluding hydrogens is 218 g/mol. The summed E-state index contributed by atoms with van der Waals surface area (Å²) in [6, 6.07) is 0. The lowest BCUT2D eigenvalue weighted by atomic mass is 10.0. The van der Waals surface area contributed by atoms with Crippen LogP contribution in [0.25, 0.3) is 0 Å². The molecule has 0 aliphatic heterocycles. The average Bonchev–Trinajstić information content (AvgIpc) is 3.05. The van der Waals surface area contributed by atoms with Gasteiger partial charge < -0.3 is 4.90 Å². The highest BCUT2D eigenvalue weighted by Crippen LogP contribution is 2.49. The molecule has 0 spiro atoms. The van der Waals surface area contributed by atoms with Gasteiger partial charge in [0.2, 0.25) is 5.91 Å². The summed E-state index contributed by atoms with van der Waals surface area (Å²) in [5.41, 5.74) is 0.253. The molecule has 1 amide bonds. The minimum Gasteiger partial charge on any atom is -0.343 e. The number of carbonyl (C=O) groups is 1. The monoisotopic (exact) mass is 243 g/mol. The first-order valence-electron chi connectivity index (χ1n) is 6.45. The van der Waals surface area contributed by atoms with Crippen LogP contribution in [0.4, 0.5) is 0 Å². The van der Waals surface area contributed by atoms with Crippen LogP contribution in [0, 0.1) is 11.3 Å². The second kappa shape index (κ2) is 5.95. The van der Waals surface area contributed by atoms with Gasteiger partial charge >= 0.3 is 0 Å². The molecular formula is C13H25NOS. The molecule has 3 heteroatoms. The second-order valence-electron chi connectivity index (χ2n) is 5.28. The van der Waals surface area contributed by atoms with Crippen LogP contribution in [0.5, 0.6) is 0 Å². The Morgan fingerprint density at radius 2 is 2.06 bits per heavy atom. The molecule has 2 nitrogen and oxygen atoms in total. The zero-order chi connectivity index (χ0) is 12.2. The van der Waals surface area contributed by atoms with Crippen molar-refractivity contribution in [1.29, 1.82) is 0 Å². The van der Waals surface area contributed by atoms with Crippen molar-refractivity contribution in [1.82, 2.24) is 4.90 Å². The van der Waals surface area contributed by atoms with Gasteiger partial charge in [-0.15, -0.1) is 0 Å². The van der Waals surface area contributed by atoms with Gasteiger partial charge in [-0.2, -0.15) is 12.6 Å². The molecule has 0 N–H and O–H groups in total. The van der Waals surface area contributed by atoms with Gasteiger partial charge in [0.05, 0.1) is 0 Å². The fraction of sp³-hybridized carbons (Fsp3) is 0.923. The molecule has 0 saturated heterocycles. The Kier molecular flexibility index (Phi) is 5.16. The molecule has 0 bridgehead atoms. The van der Waals surface area contributed by atoms with Crippen LogP contribution in [-0.2, 0) is 4.79 Å². The molecule has 94 valence electrons. The summed E-state index contributed by atoms with van der Waals surface area (Å²) in [6.45, 7) is 8.21. The number of hydrogen-bond acceptors (Lipinski definition) is 2. The van der Waals surface area contributed by atoms with Gasteiger partial charge in [-0.05, 0) is 36.9 Å². The van der Waals surface area contributed by atoms with Crippen molar-refractivity contribution >= 4 is 18.5 Å². The third-order valence-corrected chi connectivity index (χ3v) is 4.45. The lowest BCUT2D eigenvalue weighted by Crippen LogP contribution is -2.36. The van der Waals surface area contributed by atoms with Gasteiger partial charge in [0, 0.05) is 19.5 Å². The second-order valence-corrected chi connectivity index (χ2v) is 5.60. The maximum absolute atomic E-state index is 12.1. The van der Waals surface area contributed by atoms with Crippen LogP contribution in [0.1, 0.15) is 46.5 Å². The number of hydrogen-bond donors (Lipinski definition) is 1. The SMILES string of the molecule is CCC(C)CN(CC)C(=O)CC1(CS)CC1. The largest absolute Gasteiger partial charge is 0.343 e. The van der Waals surface area contributed by atoms with E-state index in [1.165, 1.54) is 12.8 Å². The van der Waals surface area contributed by atoms with Crippen LogP contribution in [-0.4, -0.2) is 29.6 Å². The lowest BCUT2D eigenvalue weighted by Gasteiger charge is -2.26. The molecule has 1 fully saturated rings. The van der Waals surface area contributed by atoms with E-state index in [0.29, 0.717) is 18.2 Å². The van der Waals surface area contributed by atoms with E-state index < -0.39 is 0 Å². The summed E-state index contributed by atoms with van der Waals surface area (Å²) < 4.78 is 0. The van der Waals surface area contributed by atoms with E-state index in [1.54, 1.807) is 0 Å².